The zero-order valence-corrected chi connectivity index (χ0v) is 20.1. The summed E-state index contributed by atoms with van der Waals surface area (Å²) in [5.41, 5.74) is 1.88. The van der Waals surface area contributed by atoms with Gasteiger partial charge in [-0.05, 0) is 44.0 Å². The van der Waals surface area contributed by atoms with Gasteiger partial charge in [0.05, 0.1) is 28.7 Å². The van der Waals surface area contributed by atoms with Crippen LogP contribution < -0.4 is 11.1 Å². The van der Waals surface area contributed by atoms with Crippen LogP contribution in [0.4, 0.5) is 5.69 Å². The van der Waals surface area contributed by atoms with E-state index in [9.17, 15) is 24.5 Å². The number of nitro groups is 1. The molecule has 2 amide bonds. The molecule has 4 rings (SSSR count). The van der Waals surface area contributed by atoms with Crippen molar-refractivity contribution in [2.24, 2.45) is 0 Å². The molecule has 0 radical (unpaired) electrons. The Labute approximate surface area is 206 Å². The molecule has 190 valence electrons. The second kappa shape index (κ2) is 10.7. The molecule has 11 heteroatoms. The normalized spacial score (nSPS) is 17.8. The summed E-state index contributed by atoms with van der Waals surface area (Å²) in [7, 11) is 0. The smallest absolute Gasteiger partial charge is 0.407 e. The van der Waals surface area contributed by atoms with Crippen molar-refractivity contribution in [3.05, 3.63) is 74.3 Å². The van der Waals surface area contributed by atoms with E-state index in [-0.39, 0.29) is 48.3 Å². The second-order valence-electron chi connectivity index (χ2n) is 8.97. The number of hydrogen-bond acceptors (Lipinski definition) is 7. The lowest BCUT2D eigenvalue weighted by Gasteiger charge is -2.35. The molecule has 1 N–H and O–H groups in total. The van der Waals surface area contributed by atoms with Gasteiger partial charge in [0.25, 0.3) is 11.6 Å². The molecular weight excluding hydrogens is 468 g/mol. The highest BCUT2D eigenvalue weighted by Crippen LogP contribution is 2.20. The number of benzene rings is 2. The van der Waals surface area contributed by atoms with E-state index in [2.05, 4.69) is 5.32 Å². The van der Waals surface area contributed by atoms with Crippen LogP contribution in [-0.4, -0.2) is 51.5 Å². The zero-order valence-electron chi connectivity index (χ0n) is 20.1. The molecule has 2 heterocycles. The van der Waals surface area contributed by atoms with Gasteiger partial charge in [0.15, 0.2) is 5.58 Å². The minimum Gasteiger partial charge on any atom is -0.407 e. The molecule has 2 aromatic carbocycles. The van der Waals surface area contributed by atoms with E-state index >= 15 is 0 Å². The largest absolute Gasteiger partial charge is 0.419 e. The van der Waals surface area contributed by atoms with Gasteiger partial charge in [0.1, 0.15) is 0 Å². The number of aryl methyl sites for hydroxylation is 1. The lowest BCUT2D eigenvalue weighted by atomic mass is 10.1. The quantitative estimate of drug-likeness (QED) is 0.374. The first-order valence-corrected chi connectivity index (χ1v) is 11.8. The summed E-state index contributed by atoms with van der Waals surface area (Å²) >= 11 is 0. The van der Waals surface area contributed by atoms with Gasteiger partial charge in [-0.15, -0.1) is 0 Å². The Morgan fingerprint density at radius 2 is 1.81 bits per heavy atom. The fourth-order valence-corrected chi connectivity index (χ4v) is 4.36. The van der Waals surface area contributed by atoms with Crippen LogP contribution in [0, 0.1) is 10.1 Å². The van der Waals surface area contributed by atoms with Crippen LogP contribution in [0.15, 0.2) is 51.7 Å². The molecule has 1 saturated heterocycles. The molecule has 1 aliphatic rings. The highest BCUT2D eigenvalue weighted by Gasteiger charge is 2.26. The standard InChI is InChI=1S/C25H28N4O7/c1-16-14-27(15-17(2)35-16)24(31)19-7-5-18(6-8-19)13-26-23(30)4-3-11-28-21-10-9-20(29(33)34)12-22(21)36-25(28)32/h5-10,12,16-17H,3-4,11,13-15H2,1-2H3,(H,26,30). The van der Waals surface area contributed by atoms with Gasteiger partial charge in [0, 0.05) is 44.2 Å². The van der Waals surface area contributed by atoms with Gasteiger partial charge >= 0.3 is 5.76 Å². The van der Waals surface area contributed by atoms with Gasteiger partial charge in [-0.2, -0.15) is 0 Å². The number of amides is 2. The molecule has 36 heavy (non-hydrogen) atoms. The van der Waals surface area contributed by atoms with E-state index in [4.69, 9.17) is 9.15 Å². The average molecular weight is 497 g/mol. The Hall–Kier alpha value is -3.99. The third-order valence-electron chi connectivity index (χ3n) is 6.05. The van der Waals surface area contributed by atoms with E-state index < -0.39 is 10.7 Å². The summed E-state index contributed by atoms with van der Waals surface area (Å²) in [6.07, 6.45) is 0.580. The van der Waals surface area contributed by atoms with Crippen LogP contribution in [-0.2, 0) is 22.6 Å². The van der Waals surface area contributed by atoms with Crippen molar-refractivity contribution in [2.75, 3.05) is 13.1 Å². The average Bonchev–Trinajstić information content (AvgIpc) is 3.16. The van der Waals surface area contributed by atoms with Crippen LogP contribution in [0.2, 0.25) is 0 Å². The number of carbonyl (C=O) groups excluding carboxylic acids is 2. The second-order valence-corrected chi connectivity index (χ2v) is 8.97. The Balaban J connectivity index is 1.26. The Bertz CT molecular complexity index is 1320. The third kappa shape index (κ3) is 5.80. The topological polar surface area (TPSA) is 137 Å². The molecule has 0 bridgehead atoms. The molecule has 1 fully saturated rings. The molecule has 0 saturated carbocycles. The van der Waals surface area contributed by atoms with Gasteiger partial charge < -0.3 is 19.4 Å². The van der Waals surface area contributed by atoms with E-state index in [0.29, 0.717) is 37.1 Å². The van der Waals surface area contributed by atoms with Gasteiger partial charge in [-0.25, -0.2) is 4.79 Å². The minimum absolute atomic E-state index is 0.000475. The number of ether oxygens (including phenoxy) is 1. The Morgan fingerprint density at radius 3 is 2.47 bits per heavy atom. The summed E-state index contributed by atoms with van der Waals surface area (Å²) in [5.74, 6) is -0.839. The fraction of sp³-hybridized carbons (Fsp3) is 0.400. The zero-order chi connectivity index (χ0) is 25.8. The van der Waals surface area contributed by atoms with Crippen molar-refractivity contribution in [2.45, 2.75) is 52.0 Å². The molecule has 1 aliphatic heterocycles. The molecule has 2 unspecified atom stereocenters. The summed E-state index contributed by atoms with van der Waals surface area (Å²) in [4.78, 5) is 49.3. The number of oxazole rings is 1. The molecule has 11 nitrogen and oxygen atoms in total. The predicted octanol–water partition coefficient (Wildman–Crippen LogP) is 2.85. The Morgan fingerprint density at radius 1 is 1.11 bits per heavy atom. The Kier molecular flexibility index (Phi) is 7.49. The van der Waals surface area contributed by atoms with Crippen molar-refractivity contribution >= 4 is 28.6 Å². The SMILES string of the molecule is CC1CN(C(=O)c2ccc(CNC(=O)CCCn3c(=O)oc4cc([N+](=O)[O-])ccc43)cc2)CC(C)O1. The summed E-state index contributed by atoms with van der Waals surface area (Å²) in [6, 6.07) is 11.1. The predicted molar refractivity (Wildman–Crippen MR) is 131 cm³/mol. The molecule has 2 atom stereocenters. The van der Waals surface area contributed by atoms with Crippen LogP contribution in [0.5, 0.6) is 0 Å². The van der Waals surface area contributed by atoms with E-state index in [1.807, 2.05) is 26.0 Å². The lowest BCUT2D eigenvalue weighted by Crippen LogP contribution is -2.48. The van der Waals surface area contributed by atoms with Gasteiger partial charge in [-0.1, -0.05) is 12.1 Å². The van der Waals surface area contributed by atoms with E-state index in [1.54, 1.807) is 17.0 Å². The number of fused-ring (bicyclic) bond motifs is 1. The summed E-state index contributed by atoms with van der Waals surface area (Å²) < 4.78 is 12.1. The van der Waals surface area contributed by atoms with Gasteiger partial charge in [0.2, 0.25) is 5.91 Å². The molecule has 1 aromatic heterocycles. The van der Waals surface area contributed by atoms with Crippen LogP contribution in [0.1, 0.15) is 42.6 Å². The highest BCUT2D eigenvalue weighted by atomic mass is 16.6. The maximum atomic E-state index is 12.8. The van der Waals surface area contributed by atoms with Crippen molar-refractivity contribution in [3.63, 3.8) is 0 Å². The van der Waals surface area contributed by atoms with Crippen molar-refractivity contribution in [1.82, 2.24) is 14.8 Å². The number of morpholine rings is 1. The number of nitrogens with zero attached hydrogens (tertiary/aromatic N) is 3. The maximum absolute atomic E-state index is 12.8. The highest BCUT2D eigenvalue weighted by molar-refractivity contribution is 5.94. The first-order valence-electron chi connectivity index (χ1n) is 11.8. The van der Waals surface area contributed by atoms with Crippen molar-refractivity contribution in [1.29, 1.82) is 0 Å². The van der Waals surface area contributed by atoms with Crippen molar-refractivity contribution < 1.29 is 23.7 Å². The van der Waals surface area contributed by atoms with Crippen LogP contribution >= 0.6 is 0 Å². The molecule has 0 aliphatic carbocycles. The molecule has 3 aromatic rings. The molecule has 0 spiro atoms. The lowest BCUT2D eigenvalue weighted by molar-refractivity contribution is -0.384. The maximum Gasteiger partial charge on any atom is 0.419 e. The number of nitrogens with one attached hydrogen (secondary N) is 1. The van der Waals surface area contributed by atoms with E-state index in [1.165, 1.54) is 22.8 Å². The fourth-order valence-electron chi connectivity index (χ4n) is 4.36. The van der Waals surface area contributed by atoms with Crippen molar-refractivity contribution in [3.8, 4) is 0 Å². The monoisotopic (exact) mass is 496 g/mol. The van der Waals surface area contributed by atoms with Crippen LogP contribution in [0.3, 0.4) is 0 Å². The number of hydrogen-bond donors (Lipinski definition) is 1. The minimum atomic E-state index is -0.624. The number of rotatable bonds is 8. The first-order chi connectivity index (χ1) is 17.2. The number of aromatic nitrogens is 1. The molecular formula is C25H28N4O7. The summed E-state index contributed by atoms with van der Waals surface area (Å²) in [6.45, 7) is 5.57. The first kappa shape index (κ1) is 25.1. The summed E-state index contributed by atoms with van der Waals surface area (Å²) in [5, 5.41) is 13.7. The number of carbonyl (C=O) groups is 2. The number of nitro benzene ring substituents is 1. The number of non-ortho nitro benzene ring substituents is 1. The van der Waals surface area contributed by atoms with Gasteiger partial charge in [-0.3, -0.25) is 24.3 Å². The third-order valence-corrected chi connectivity index (χ3v) is 6.05. The van der Waals surface area contributed by atoms with Crippen LogP contribution in [0.25, 0.3) is 11.1 Å². The van der Waals surface area contributed by atoms with E-state index in [0.717, 1.165) is 5.56 Å².